The van der Waals surface area contributed by atoms with E-state index in [2.05, 4.69) is 41.6 Å². The fraction of sp³-hybridized carbons (Fsp3) is 0.722. The second-order valence-electron chi connectivity index (χ2n) is 7.23. The van der Waals surface area contributed by atoms with Gasteiger partial charge in [0, 0.05) is 49.9 Å². The number of likely N-dealkylation sites (N-methyl/N-ethyl adjacent to an activating group) is 1. The summed E-state index contributed by atoms with van der Waals surface area (Å²) in [7, 11) is 0. The van der Waals surface area contributed by atoms with Crippen LogP contribution in [0.3, 0.4) is 0 Å². The highest BCUT2D eigenvalue weighted by Crippen LogP contribution is 2.21. The van der Waals surface area contributed by atoms with Crippen molar-refractivity contribution in [1.29, 1.82) is 0 Å². The van der Waals surface area contributed by atoms with Gasteiger partial charge in [-0.15, -0.1) is 0 Å². The number of nitrogens with one attached hydrogen (secondary N) is 1. The monoisotopic (exact) mass is 303 g/mol. The number of fused-ring (bicyclic) bond motifs is 1. The third-order valence-electron chi connectivity index (χ3n) is 4.78. The number of aromatic nitrogens is 1. The van der Waals surface area contributed by atoms with Crippen LogP contribution in [-0.4, -0.2) is 28.6 Å². The van der Waals surface area contributed by atoms with Crippen molar-refractivity contribution >= 4 is 0 Å². The third-order valence-corrected chi connectivity index (χ3v) is 4.78. The molecule has 0 radical (unpaired) electrons. The van der Waals surface area contributed by atoms with E-state index >= 15 is 0 Å². The molecular formula is C18H29N3O. The number of nitrogens with zero attached hydrogens (tertiary/aromatic N) is 2. The number of hydrogen-bond acceptors (Lipinski definition) is 3. The van der Waals surface area contributed by atoms with Crippen LogP contribution in [0.5, 0.6) is 0 Å². The van der Waals surface area contributed by atoms with Crippen molar-refractivity contribution in [2.75, 3.05) is 13.1 Å². The molecule has 4 heteroatoms. The van der Waals surface area contributed by atoms with Gasteiger partial charge in [0.15, 0.2) is 0 Å². The van der Waals surface area contributed by atoms with Gasteiger partial charge < -0.3 is 9.88 Å². The Morgan fingerprint density at radius 2 is 2.14 bits per heavy atom. The topological polar surface area (TPSA) is 37.3 Å². The highest BCUT2D eigenvalue weighted by Gasteiger charge is 2.24. The van der Waals surface area contributed by atoms with Crippen LogP contribution in [0.25, 0.3) is 0 Å². The van der Waals surface area contributed by atoms with Crippen LogP contribution in [-0.2, 0) is 26.1 Å². The van der Waals surface area contributed by atoms with Crippen LogP contribution in [0.1, 0.15) is 50.4 Å². The zero-order valence-electron chi connectivity index (χ0n) is 14.2. The molecule has 0 bridgehead atoms. The van der Waals surface area contributed by atoms with Gasteiger partial charge in [-0.05, 0) is 36.9 Å². The maximum Gasteiger partial charge on any atom is 0.255 e. The Kier molecular flexibility index (Phi) is 4.69. The summed E-state index contributed by atoms with van der Waals surface area (Å²) in [5.41, 5.74) is 3.81. The minimum atomic E-state index is 0.227. The van der Waals surface area contributed by atoms with E-state index in [0.717, 1.165) is 44.7 Å². The summed E-state index contributed by atoms with van der Waals surface area (Å²) < 4.78 is 2.07. The fourth-order valence-corrected chi connectivity index (χ4v) is 3.34. The molecule has 0 spiro atoms. The highest BCUT2D eigenvalue weighted by atomic mass is 16.1. The maximum absolute atomic E-state index is 12.9. The maximum atomic E-state index is 12.9. The molecule has 1 aliphatic carbocycles. The van der Waals surface area contributed by atoms with E-state index in [0.29, 0.717) is 12.0 Å². The number of rotatable bonds is 6. The molecule has 4 nitrogen and oxygen atoms in total. The van der Waals surface area contributed by atoms with Crippen molar-refractivity contribution in [2.24, 2.45) is 5.92 Å². The van der Waals surface area contributed by atoms with Gasteiger partial charge in [-0.1, -0.05) is 20.8 Å². The van der Waals surface area contributed by atoms with Crippen LogP contribution in [0, 0.1) is 5.92 Å². The van der Waals surface area contributed by atoms with Crippen molar-refractivity contribution < 1.29 is 0 Å². The molecule has 0 atom stereocenters. The van der Waals surface area contributed by atoms with Crippen LogP contribution in [0.2, 0.25) is 0 Å². The quantitative estimate of drug-likeness (QED) is 0.875. The second kappa shape index (κ2) is 6.55. The van der Waals surface area contributed by atoms with E-state index < -0.39 is 0 Å². The highest BCUT2D eigenvalue weighted by molar-refractivity contribution is 5.29. The normalized spacial score (nSPS) is 18.7. The molecule has 122 valence electrons. The Labute approximate surface area is 133 Å². The molecule has 2 heterocycles. The Morgan fingerprint density at radius 3 is 2.77 bits per heavy atom. The molecule has 1 N–H and O–H groups in total. The van der Waals surface area contributed by atoms with Crippen molar-refractivity contribution in [3.63, 3.8) is 0 Å². The molecule has 1 aromatic rings. The van der Waals surface area contributed by atoms with Gasteiger partial charge in [-0.3, -0.25) is 9.69 Å². The molecule has 2 aliphatic rings. The average molecular weight is 303 g/mol. The predicted molar refractivity (Wildman–Crippen MR) is 90.1 cm³/mol. The summed E-state index contributed by atoms with van der Waals surface area (Å²) >= 11 is 0. The van der Waals surface area contributed by atoms with Gasteiger partial charge in [0.1, 0.15) is 0 Å². The minimum absolute atomic E-state index is 0.227. The first kappa shape index (κ1) is 15.8. The zero-order valence-corrected chi connectivity index (χ0v) is 14.2. The Morgan fingerprint density at radius 1 is 1.36 bits per heavy atom. The molecule has 0 amide bonds. The molecule has 0 saturated heterocycles. The summed E-state index contributed by atoms with van der Waals surface area (Å²) in [4.78, 5) is 15.3. The average Bonchev–Trinajstić information content (AvgIpc) is 3.31. The fourth-order valence-electron chi connectivity index (χ4n) is 3.34. The van der Waals surface area contributed by atoms with Crippen molar-refractivity contribution in [3.8, 4) is 0 Å². The molecule has 1 saturated carbocycles. The lowest BCUT2D eigenvalue weighted by atomic mass is 10.0. The molecule has 0 aromatic carbocycles. The first-order valence-corrected chi connectivity index (χ1v) is 8.78. The SMILES string of the molecule is CCN1CCc2c(cc(CNC3CC3)c(=O)n2CC(C)C)C1. The number of hydrogen-bond donors (Lipinski definition) is 1. The predicted octanol–water partition coefficient (Wildman–Crippen LogP) is 2.13. The van der Waals surface area contributed by atoms with Gasteiger partial charge in [-0.2, -0.15) is 0 Å². The van der Waals surface area contributed by atoms with E-state index in [1.54, 1.807) is 0 Å². The van der Waals surface area contributed by atoms with Gasteiger partial charge in [0.2, 0.25) is 0 Å². The van der Waals surface area contributed by atoms with Gasteiger partial charge in [-0.25, -0.2) is 0 Å². The first-order chi connectivity index (χ1) is 10.6. The van der Waals surface area contributed by atoms with Crippen LogP contribution < -0.4 is 10.9 Å². The van der Waals surface area contributed by atoms with E-state index in [9.17, 15) is 4.79 Å². The second-order valence-corrected chi connectivity index (χ2v) is 7.23. The smallest absolute Gasteiger partial charge is 0.255 e. The summed E-state index contributed by atoms with van der Waals surface area (Å²) in [6.07, 6.45) is 3.52. The lowest BCUT2D eigenvalue weighted by Gasteiger charge is -2.30. The molecule has 1 aliphatic heterocycles. The van der Waals surface area contributed by atoms with E-state index in [-0.39, 0.29) is 5.56 Å². The molecule has 22 heavy (non-hydrogen) atoms. The molecular weight excluding hydrogens is 274 g/mol. The standard InChI is InChI=1S/C18H29N3O/c1-4-20-8-7-17-15(12-20)9-14(10-19-16-5-6-16)18(22)21(17)11-13(2)3/h9,13,16,19H,4-8,10-12H2,1-3H3. The summed E-state index contributed by atoms with van der Waals surface area (Å²) in [5.74, 6) is 0.498. The summed E-state index contributed by atoms with van der Waals surface area (Å²) in [6.45, 7) is 11.3. The Balaban J connectivity index is 1.94. The van der Waals surface area contributed by atoms with Crippen LogP contribution in [0.15, 0.2) is 10.9 Å². The van der Waals surface area contributed by atoms with Crippen LogP contribution >= 0.6 is 0 Å². The first-order valence-electron chi connectivity index (χ1n) is 8.78. The largest absolute Gasteiger partial charge is 0.312 e. The Hall–Kier alpha value is -1.13. The number of pyridine rings is 1. The van der Waals surface area contributed by atoms with Crippen molar-refractivity contribution in [2.45, 2.75) is 65.7 Å². The van der Waals surface area contributed by atoms with E-state index in [1.807, 2.05) is 0 Å². The summed E-state index contributed by atoms with van der Waals surface area (Å²) in [6, 6.07) is 2.81. The van der Waals surface area contributed by atoms with Gasteiger partial charge >= 0.3 is 0 Å². The van der Waals surface area contributed by atoms with Gasteiger partial charge in [0.05, 0.1) is 0 Å². The summed E-state index contributed by atoms with van der Waals surface area (Å²) in [5, 5.41) is 3.50. The molecule has 1 fully saturated rings. The molecule has 1 aromatic heterocycles. The van der Waals surface area contributed by atoms with E-state index in [4.69, 9.17) is 0 Å². The lowest BCUT2D eigenvalue weighted by molar-refractivity contribution is 0.260. The third kappa shape index (κ3) is 3.44. The van der Waals surface area contributed by atoms with Gasteiger partial charge in [0.25, 0.3) is 5.56 Å². The molecule has 3 rings (SSSR count). The zero-order chi connectivity index (χ0) is 15.7. The van der Waals surface area contributed by atoms with E-state index in [1.165, 1.54) is 24.1 Å². The minimum Gasteiger partial charge on any atom is -0.312 e. The lowest BCUT2D eigenvalue weighted by Crippen LogP contribution is -2.38. The molecule has 0 unspecified atom stereocenters. The van der Waals surface area contributed by atoms with Crippen molar-refractivity contribution in [3.05, 3.63) is 33.2 Å². The Bertz CT molecular complexity index is 587. The van der Waals surface area contributed by atoms with Crippen LogP contribution in [0.4, 0.5) is 0 Å². The van der Waals surface area contributed by atoms with Crippen molar-refractivity contribution in [1.82, 2.24) is 14.8 Å².